The first-order valence-corrected chi connectivity index (χ1v) is 7.94. The van der Waals surface area contributed by atoms with Crippen molar-refractivity contribution in [1.82, 2.24) is 10.2 Å². The van der Waals surface area contributed by atoms with Crippen molar-refractivity contribution in [1.29, 1.82) is 5.26 Å². The highest BCUT2D eigenvalue weighted by atomic mass is 35.5. The monoisotopic (exact) mass is 338 g/mol. The molecule has 4 nitrogen and oxygen atoms in total. The van der Waals surface area contributed by atoms with E-state index in [9.17, 15) is 0 Å². The minimum atomic E-state index is 0.427. The lowest BCUT2D eigenvalue weighted by atomic mass is 10.0. The van der Waals surface area contributed by atoms with Gasteiger partial charge >= 0.3 is 0 Å². The Balaban J connectivity index is 2.46. The van der Waals surface area contributed by atoms with Crippen LogP contribution in [0.25, 0.3) is 12.2 Å². The Kier molecular flexibility index (Phi) is 5.73. The molecule has 0 bridgehead atoms. The van der Waals surface area contributed by atoms with E-state index in [0.29, 0.717) is 23.0 Å². The Morgan fingerprint density at radius 3 is 2.71 bits per heavy atom. The molecule has 2 aromatic rings. The number of aromatic nitrogens is 2. The van der Waals surface area contributed by atoms with Crippen molar-refractivity contribution in [2.75, 3.05) is 5.32 Å². The molecule has 1 heterocycles. The molecule has 0 spiro atoms. The van der Waals surface area contributed by atoms with Gasteiger partial charge in [-0.3, -0.25) is 0 Å². The van der Waals surface area contributed by atoms with Crippen LogP contribution in [-0.4, -0.2) is 10.2 Å². The minimum Gasteiger partial charge on any atom is -0.364 e. The molecule has 0 atom stereocenters. The van der Waals surface area contributed by atoms with Crippen molar-refractivity contribution < 1.29 is 0 Å². The molecule has 1 aromatic carbocycles. The SMILES string of the molecule is C=C(Cl)/C=c1/c(NCc2cccc(C#N)c2C)nnc(C)/c1=C/C. The van der Waals surface area contributed by atoms with Crippen LogP contribution in [0.5, 0.6) is 0 Å². The molecule has 0 unspecified atom stereocenters. The molecule has 0 aliphatic carbocycles. The van der Waals surface area contributed by atoms with Gasteiger partial charge in [0.05, 0.1) is 17.3 Å². The van der Waals surface area contributed by atoms with Crippen molar-refractivity contribution in [2.24, 2.45) is 0 Å². The number of hydrogen-bond acceptors (Lipinski definition) is 4. The van der Waals surface area contributed by atoms with E-state index in [4.69, 9.17) is 16.9 Å². The zero-order chi connectivity index (χ0) is 17.7. The molecule has 2 rings (SSSR count). The van der Waals surface area contributed by atoms with Crippen LogP contribution in [-0.2, 0) is 6.54 Å². The van der Waals surface area contributed by atoms with Crippen LogP contribution in [0.2, 0.25) is 0 Å². The number of nitriles is 1. The average molecular weight is 339 g/mol. The van der Waals surface area contributed by atoms with Gasteiger partial charge in [0.2, 0.25) is 0 Å². The van der Waals surface area contributed by atoms with Crippen LogP contribution in [0.4, 0.5) is 5.82 Å². The summed E-state index contributed by atoms with van der Waals surface area (Å²) in [5, 5.41) is 23.1. The molecule has 0 aliphatic rings. The maximum absolute atomic E-state index is 9.14. The second-order valence-electron chi connectivity index (χ2n) is 5.40. The highest BCUT2D eigenvalue weighted by Crippen LogP contribution is 2.13. The van der Waals surface area contributed by atoms with E-state index in [1.54, 1.807) is 6.08 Å². The van der Waals surface area contributed by atoms with Gasteiger partial charge in [0.15, 0.2) is 5.82 Å². The quantitative estimate of drug-likeness (QED) is 0.931. The Morgan fingerprint density at radius 1 is 1.33 bits per heavy atom. The van der Waals surface area contributed by atoms with Gasteiger partial charge in [-0.2, -0.15) is 10.4 Å². The van der Waals surface area contributed by atoms with Gasteiger partial charge in [-0.05, 0) is 44.0 Å². The lowest BCUT2D eigenvalue weighted by Crippen LogP contribution is -2.33. The van der Waals surface area contributed by atoms with E-state index in [-0.39, 0.29) is 0 Å². The maximum Gasteiger partial charge on any atom is 0.156 e. The predicted octanol–water partition coefficient (Wildman–Crippen LogP) is 2.91. The zero-order valence-electron chi connectivity index (χ0n) is 14.0. The fraction of sp³-hybridized carbons (Fsp3) is 0.211. The van der Waals surface area contributed by atoms with Crippen LogP contribution in [0.3, 0.4) is 0 Å². The van der Waals surface area contributed by atoms with Crippen molar-refractivity contribution in [3.63, 3.8) is 0 Å². The van der Waals surface area contributed by atoms with E-state index >= 15 is 0 Å². The Hall–Kier alpha value is -2.64. The third-order valence-corrected chi connectivity index (χ3v) is 3.95. The molecule has 1 N–H and O–H groups in total. The summed E-state index contributed by atoms with van der Waals surface area (Å²) in [7, 11) is 0. The van der Waals surface area contributed by atoms with Gasteiger partial charge in [-0.25, -0.2) is 0 Å². The van der Waals surface area contributed by atoms with E-state index in [2.05, 4.69) is 28.2 Å². The van der Waals surface area contributed by atoms with Crippen molar-refractivity contribution >= 4 is 29.6 Å². The summed E-state index contributed by atoms with van der Waals surface area (Å²) in [5.41, 5.74) is 3.50. The van der Waals surface area contributed by atoms with E-state index in [0.717, 1.165) is 27.3 Å². The largest absolute Gasteiger partial charge is 0.364 e. The van der Waals surface area contributed by atoms with Gasteiger partial charge in [0.25, 0.3) is 0 Å². The van der Waals surface area contributed by atoms with Crippen LogP contribution in [0, 0.1) is 25.2 Å². The molecule has 24 heavy (non-hydrogen) atoms. The van der Waals surface area contributed by atoms with Gasteiger partial charge in [0.1, 0.15) is 0 Å². The minimum absolute atomic E-state index is 0.427. The summed E-state index contributed by atoms with van der Waals surface area (Å²) in [6.07, 6.45) is 3.75. The summed E-state index contributed by atoms with van der Waals surface area (Å²) >= 11 is 5.97. The van der Waals surface area contributed by atoms with E-state index < -0.39 is 0 Å². The molecule has 0 fully saturated rings. The average Bonchev–Trinajstić information content (AvgIpc) is 2.55. The molecule has 5 heteroatoms. The Labute approximate surface area is 146 Å². The highest BCUT2D eigenvalue weighted by molar-refractivity contribution is 6.33. The molecule has 122 valence electrons. The van der Waals surface area contributed by atoms with E-state index in [1.807, 2.05) is 45.0 Å². The Bertz CT molecular complexity index is 939. The number of nitrogens with one attached hydrogen (secondary N) is 1. The fourth-order valence-electron chi connectivity index (χ4n) is 2.53. The van der Waals surface area contributed by atoms with Crippen molar-refractivity contribution in [3.8, 4) is 6.07 Å². The van der Waals surface area contributed by atoms with E-state index in [1.165, 1.54) is 0 Å². The first kappa shape index (κ1) is 17.7. The molecular weight excluding hydrogens is 320 g/mol. The van der Waals surface area contributed by atoms with Gasteiger partial charge in [-0.15, -0.1) is 5.10 Å². The predicted molar refractivity (Wildman–Crippen MR) is 98.8 cm³/mol. The number of allylic oxidation sites excluding steroid dienone is 1. The lowest BCUT2D eigenvalue weighted by Gasteiger charge is -2.10. The molecular formula is C19H19ClN4. The first-order valence-electron chi connectivity index (χ1n) is 7.56. The van der Waals surface area contributed by atoms with Gasteiger partial charge in [0, 0.05) is 22.0 Å². The summed E-state index contributed by atoms with van der Waals surface area (Å²) < 4.78 is 0. The standard InChI is InChI=1S/C19H19ClN4/c1-5-17-14(4)23-24-19(18(17)9-12(2)20)22-11-16-8-6-7-15(10-21)13(16)3/h5-9H,2,11H2,1,3-4H3,(H,22,24)/b17-5-,18-9+. The normalized spacial score (nSPS) is 12.1. The highest BCUT2D eigenvalue weighted by Gasteiger charge is 2.06. The van der Waals surface area contributed by atoms with Crippen LogP contribution in [0.1, 0.15) is 29.3 Å². The topological polar surface area (TPSA) is 61.6 Å². The number of halogens is 1. The second-order valence-corrected chi connectivity index (χ2v) is 5.88. The fourth-order valence-corrected chi connectivity index (χ4v) is 2.64. The van der Waals surface area contributed by atoms with Crippen molar-refractivity contribution in [3.05, 3.63) is 62.6 Å². The summed E-state index contributed by atoms with van der Waals surface area (Å²) in [6, 6.07) is 7.88. The molecule has 0 radical (unpaired) electrons. The molecule has 0 saturated carbocycles. The Morgan fingerprint density at radius 2 is 2.08 bits per heavy atom. The second kappa shape index (κ2) is 7.76. The third-order valence-electron chi connectivity index (χ3n) is 3.84. The first-order chi connectivity index (χ1) is 11.5. The van der Waals surface area contributed by atoms with Crippen LogP contribution in [0.15, 0.2) is 29.8 Å². The maximum atomic E-state index is 9.14. The number of benzene rings is 1. The number of nitrogens with zero attached hydrogens (tertiary/aromatic N) is 3. The summed E-state index contributed by atoms with van der Waals surface area (Å²) in [5.74, 6) is 0.636. The third kappa shape index (κ3) is 3.81. The van der Waals surface area contributed by atoms with Crippen molar-refractivity contribution in [2.45, 2.75) is 27.3 Å². The molecule has 0 aliphatic heterocycles. The number of hydrogen-bond donors (Lipinski definition) is 1. The van der Waals surface area contributed by atoms with Crippen LogP contribution < -0.4 is 15.8 Å². The number of rotatable bonds is 4. The molecule has 1 aromatic heterocycles. The molecule has 0 amide bonds. The number of anilines is 1. The molecule has 0 saturated heterocycles. The number of aryl methyl sites for hydroxylation is 1. The van der Waals surface area contributed by atoms with Gasteiger partial charge < -0.3 is 5.32 Å². The zero-order valence-corrected chi connectivity index (χ0v) is 14.8. The van der Waals surface area contributed by atoms with Gasteiger partial charge in [-0.1, -0.05) is 36.4 Å². The summed E-state index contributed by atoms with van der Waals surface area (Å²) in [6.45, 7) is 10.1. The summed E-state index contributed by atoms with van der Waals surface area (Å²) in [4.78, 5) is 0. The smallest absolute Gasteiger partial charge is 0.156 e. The lowest BCUT2D eigenvalue weighted by molar-refractivity contribution is 0.938. The van der Waals surface area contributed by atoms with Crippen LogP contribution >= 0.6 is 11.6 Å².